The number of aromatic nitrogens is 2. The van der Waals surface area contributed by atoms with Gasteiger partial charge < -0.3 is 14.4 Å². The maximum atomic E-state index is 13.7. The van der Waals surface area contributed by atoms with E-state index in [0.29, 0.717) is 6.54 Å². The molecule has 2 heterocycles. The van der Waals surface area contributed by atoms with Crippen LogP contribution in [0.5, 0.6) is 5.75 Å². The monoisotopic (exact) mass is 286 g/mol. The zero-order chi connectivity index (χ0) is 14.8. The van der Waals surface area contributed by atoms with Crippen molar-refractivity contribution in [1.82, 2.24) is 9.55 Å². The highest BCUT2D eigenvalue weighted by atomic mass is 19.1. The second-order valence-corrected chi connectivity index (χ2v) is 4.78. The molecule has 3 rings (SSSR count). The summed E-state index contributed by atoms with van der Waals surface area (Å²) in [5.74, 6) is -0.160. The van der Waals surface area contributed by atoms with Crippen molar-refractivity contribution >= 4 is 11.0 Å². The molecule has 0 atom stereocenters. The number of pyridine rings is 1. The molecule has 4 nitrogen and oxygen atoms in total. The van der Waals surface area contributed by atoms with Crippen LogP contribution in [0.3, 0.4) is 0 Å². The number of benzene rings is 1. The number of methoxy groups -OCH3 is 1. The Hall–Kier alpha value is -2.40. The molecule has 0 radical (unpaired) electrons. The number of aliphatic hydroxyl groups excluding tert-OH is 1. The number of fused-ring (bicyclic) bond motifs is 1. The first-order valence-electron chi connectivity index (χ1n) is 6.59. The van der Waals surface area contributed by atoms with Crippen molar-refractivity contribution < 1.29 is 14.2 Å². The van der Waals surface area contributed by atoms with Gasteiger partial charge in [-0.25, -0.2) is 9.37 Å². The van der Waals surface area contributed by atoms with Gasteiger partial charge in [-0.2, -0.15) is 0 Å². The fourth-order valence-corrected chi connectivity index (χ4v) is 2.45. The van der Waals surface area contributed by atoms with Crippen LogP contribution in [0.2, 0.25) is 0 Å². The minimum Gasteiger partial charge on any atom is -0.494 e. The second kappa shape index (κ2) is 5.54. The Morgan fingerprint density at radius 3 is 2.90 bits per heavy atom. The predicted molar refractivity (Wildman–Crippen MR) is 77.7 cm³/mol. The lowest BCUT2D eigenvalue weighted by atomic mass is 10.2. The summed E-state index contributed by atoms with van der Waals surface area (Å²) < 4.78 is 20.6. The van der Waals surface area contributed by atoms with E-state index in [9.17, 15) is 9.50 Å². The molecule has 0 saturated carbocycles. The van der Waals surface area contributed by atoms with Gasteiger partial charge in [-0.1, -0.05) is 6.07 Å². The average molecular weight is 286 g/mol. The normalized spacial score (nSPS) is 11.0. The molecule has 2 aromatic heterocycles. The van der Waals surface area contributed by atoms with Crippen LogP contribution in [-0.2, 0) is 13.2 Å². The van der Waals surface area contributed by atoms with Crippen molar-refractivity contribution in [3.8, 4) is 5.75 Å². The molecule has 0 aliphatic rings. The Balaban J connectivity index is 2.00. The molecule has 0 aliphatic heterocycles. The number of rotatable bonds is 4. The van der Waals surface area contributed by atoms with Crippen LogP contribution >= 0.6 is 0 Å². The van der Waals surface area contributed by atoms with E-state index in [1.807, 2.05) is 29.0 Å². The topological polar surface area (TPSA) is 47.3 Å². The maximum absolute atomic E-state index is 13.7. The first-order chi connectivity index (χ1) is 10.2. The van der Waals surface area contributed by atoms with Crippen LogP contribution in [0, 0.1) is 5.82 Å². The number of nitrogens with zero attached hydrogens (tertiary/aromatic N) is 2. The van der Waals surface area contributed by atoms with Gasteiger partial charge in [0.05, 0.1) is 13.7 Å². The Bertz CT molecular complexity index is 783. The van der Waals surface area contributed by atoms with Gasteiger partial charge in [0, 0.05) is 29.9 Å². The lowest BCUT2D eigenvalue weighted by Crippen LogP contribution is -2.00. The molecule has 0 unspecified atom stereocenters. The first-order valence-corrected chi connectivity index (χ1v) is 6.59. The summed E-state index contributed by atoms with van der Waals surface area (Å²) in [6, 6.07) is 8.62. The summed E-state index contributed by atoms with van der Waals surface area (Å²) in [6.45, 7) is 0.431. The summed E-state index contributed by atoms with van der Waals surface area (Å²) in [5.41, 5.74) is 2.39. The summed E-state index contributed by atoms with van der Waals surface area (Å²) in [4.78, 5) is 4.34. The number of aliphatic hydroxyl groups is 1. The molecule has 5 heteroatoms. The van der Waals surface area contributed by atoms with E-state index in [0.717, 1.165) is 22.2 Å². The van der Waals surface area contributed by atoms with E-state index in [2.05, 4.69) is 4.98 Å². The van der Waals surface area contributed by atoms with Crippen molar-refractivity contribution in [3.63, 3.8) is 0 Å². The molecule has 0 aliphatic carbocycles. The van der Waals surface area contributed by atoms with Crippen molar-refractivity contribution in [2.45, 2.75) is 13.2 Å². The minimum atomic E-state index is -0.387. The molecular formula is C16H15FN2O2. The van der Waals surface area contributed by atoms with Crippen molar-refractivity contribution in [3.05, 3.63) is 59.7 Å². The third-order valence-corrected chi connectivity index (χ3v) is 3.46. The van der Waals surface area contributed by atoms with E-state index in [1.165, 1.54) is 13.2 Å². The van der Waals surface area contributed by atoms with Crippen molar-refractivity contribution in [1.29, 1.82) is 0 Å². The van der Waals surface area contributed by atoms with Gasteiger partial charge in [-0.3, -0.25) is 0 Å². The second-order valence-electron chi connectivity index (χ2n) is 4.78. The van der Waals surface area contributed by atoms with Crippen LogP contribution in [0.4, 0.5) is 4.39 Å². The first kappa shape index (κ1) is 13.6. The van der Waals surface area contributed by atoms with Crippen LogP contribution in [0.1, 0.15) is 11.1 Å². The SMILES string of the molecule is COc1ccc(Cn2cc(CO)c3cccnc32)cc1F. The largest absolute Gasteiger partial charge is 0.494 e. The van der Waals surface area contributed by atoms with Crippen molar-refractivity contribution in [2.75, 3.05) is 7.11 Å². The van der Waals surface area contributed by atoms with E-state index >= 15 is 0 Å². The van der Waals surface area contributed by atoms with Gasteiger partial charge in [0.25, 0.3) is 0 Å². The Morgan fingerprint density at radius 1 is 1.33 bits per heavy atom. The van der Waals surface area contributed by atoms with Crippen LogP contribution in [0.25, 0.3) is 11.0 Å². The highest BCUT2D eigenvalue weighted by Gasteiger charge is 2.10. The lowest BCUT2D eigenvalue weighted by Gasteiger charge is -2.07. The number of hydrogen-bond donors (Lipinski definition) is 1. The third kappa shape index (κ3) is 2.48. The number of ether oxygens (including phenoxy) is 1. The minimum absolute atomic E-state index is 0.0494. The van der Waals surface area contributed by atoms with Gasteiger partial charge in [-0.15, -0.1) is 0 Å². The maximum Gasteiger partial charge on any atom is 0.165 e. The van der Waals surface area contributed by atoms with Crippen molar-refractivity contribution in [2.24, 2.45) is 0 Å². The molecule has 0 bridgehead atoms. The third-order valence-electron chi connectivity index (χ3n) is 3.46. The molecular weight excluding hydrogens is 271 g/mol. The predicted octanol–water partition coefficient (Wildman–Crippen LogP) is 2.72. The molecule has 108 valence electrons. The van der Waals surface area contributed by atoms with Crippen LogP contribution in [0.15, 0.2) is 42.7 Å². The van der Waals surface area contributed by atoms with Crippen LogP contribution in [-0.4, -0.2) is 21.8 Å². The fraction of sp³-hybridized carbons (Fsp3) is 0.188. The number of halogens is 1. The Labute approximate surface area is 121 Å². The van der Waals surface area contributed by atoms with Gasteiger partial charge in [0.15, 0.2) is 11.6 Å². The molecule has 1 aromatic carbocycles. The molecule has 0 saturated heterocycles. The molecule has 3 aromatic rings. The van der Waals surface area contributed by atoms with E-state index < -0.39 is 0 Å². The van der Waals surface area contributed by atoms with E-state index in [1.54, 1.807) is 12.3 Å². The summed E-state index contributed by atoms with van der Waals surface area (Å²) in [6.07, 6.45) is 3.55. The molecule has 1 N–H and O–H groups in total. The summed E-state index contributed by atoms with van der Waals surface area (Å²) in [5, 5.41) is 10.3. The molecule has 0 spiro atoms. The molecule has 21 heavy (non-hydrogen) atoms. The fourth-order valence-electron chi connectivity index (χ4n) is 2.45. The molecule has 0 amide bonds. The zero-order valence-electron chi connectivity index (χ0n) is 11.6. The average Bonchev–Trinajstić information content (AvgIpc) is 2.86. The van der Waals surface area contributed by atoms with Gasteiger partial charge >= 0.3 is 0 Å². The van der Waals surface area contributed by atoms with Crippen LogP contribution < -0.4 is 4.74 Å². The highest BCUT2D eigenvalue weighted by Crippen LogP contribution is 2.22. The smallest absolute Gasteiger partial charge is 0.165 e. The van der Waals surface area contributed by atoms with E-state index in [-0.39, 0.29) is 18.2 Å². The molecule has 0 fully saturated rings. The van der Waals surface area contributed by atoms with Gasteiger partial charge in [0.1, 0.15) is 5.65 Å². The zero-order valence-corrected chi connectivity index (χ0v) is 11.6. The summed E-state index contributed by atoms with van der Waals surface area (Å²) in [7, 11) is 1.44. The Morgan fingerprint density at radius 2 is 2.19 bits per heavy atom. The summed E-state index contributed by atoms with van der Waals surface area (Å²) >= 11 is 0. The Kier molecular flexibility index (Phi) is 3.58. The standard InChI is InChI=1S/C16H15FN2O2/c1-21-15-5-4-11(7-14(15)17)8-19-9-12(10-20)13-3-2-6-18-16(13)19/h2-7,9,20H,8,10H2,1H3. The quantitative estimate of drug-likeness (QED) is 0.802. The van der Waals surface area contributed by atoms with Gasteiger partial charge in [0.2, 0.25) is 0 Å². The highest BCUT2D eigenvalue weighted by molar-refractivity contribution is 5.80. The van der Waals surface area contributed by atoms with E-state index in [4.69, 9.17) is 4.74 Å². The van der Waals surface area contributed by atoms with Gasteiger partial charge in [-0.05, 0) is 29.8 Å². The number of hydrogen-bond acceptors (Lipinski definition) is 3. The lowest BCUT2D eigenvalue weighted by molar-refractivity contribution is 0.283.